The first-order valence-corrected chi connectivity index (χ1v) is 7.12. The van der Waals surface area contributed by atoms with Gasteiger partial charge in [0, 0.05) is 28.7 Å². The zero-order chi connectivity index (χ0) is 15.4. The van der Waals surface area contributed by atoms with Crippen molar-refractivity contribution in [3.05, 3.63) is 69.0 Å². The van der Waals surface area contributed by atoms with Crippen LogP contribution < -0.4 is 26.3 Å². The molecule has 2 aromatic carbocycles. The maximum absolute atomic E-state index is 12.0. The number of nitrogens with one attached hydrogen (secondary N) is 1. The van der Waals surface area contributed by atoms with E-state index in [-0.39, 0.29) is 19.1 Å². The highest BCUT2D eigenvalue weighted by Crippen LogP contribution is 1.92. The van der Waals surface area contributed by atoms with Crippen LogP contribution in [0.15, 0.2) is 47.5 Å². The van der Waals surface area contributed by atoms with Gasteiger partial charge in [-0.05, 0) is 23.4 Å². The van der Waals surface area contributed by atoms with Crippen LogP contribution in [0.3, 0.4) is 0 Å². The minimum absolute atomic E-state index is 0.0694. The Kier molecular flexibility index (Phi) is 4.12. The molecule has 1 aliphatic heterocycles. The van der Waals surface area contributed by atoms with Gasteiger partial charge in [-0.3, -0.25) is 9.79 Å². The molecule has 1 aliphatic rings. The lowest BCUT2D eigenvalue weighted by molar-refractivity contribution is 0.0944. The summed E-state index contributed by atoms with van der Waals surface area (Å²) in [7, 11) is 0. The van der Waals surface area contributed by atoms with Crippen molar-refractivity contribution >= 4 is 24.3 Å². The van der Waals surface area contributed by atoms with Gasteiger partial charge in [0.15, 0.2) is 0 Å². The molecule has 110 valence electrons. The molecule has 0 aromatic heterocycles. The van der Waals surface area contributed by atoms with E-state index in [2.05, 4.69) is 10.3 Å². The zero-order valence-electron chi connectivity index (χ0n) is 12.0. The highest BCUT2D eigenvalue weighted by molar-refractivity contribution is 5.94. The molecule has 22 heavy (non-hydrogen) atoms. The maximum Gasteiger partial charge on any atom is 0.251 e. The topological polar surface area (TPSA) is 61.7 Å². The molecule has 2 aromatic rings. The average molecular weight is 292 g/mol. The molecule has 4 nitrogen and oxygen atoms in total. The van der Waals surface area contributed by atoms with Gasteiger partial charge in [0.1, 0.15) is 0 Å². The fourth-order valence-electron chi connectivity index (χ4n) is 2.31. The molecule has 1 heterocycles. The highest BCUT2D eigenvalue weighted by Gasteiger charge is 2.04. The van der Waals surface area contributed by atoms with Gasteiger partial charge in [0.05, 0.1) is 12.0 Å². The van der Waals surface area contributed by atoms with Crippen LogP contribution in [-0.4, -0.2) is 24.2 Å². The quantitative estimate of drug-likeness (QED) is 0.765. The van der Waals surface area contributed by atoms with Crippen LogP contribution >= 0.6 is 0 Å². The molecule has 1 amide bonds. The van der Waals surface area contributed by atoms with Crippen LogP contribution in [0.5, 0.6) is 0 Å². The summed E-state index contributed by atoms with van der Waals surface area (Å²) in [5.74, 6) is -0.190. The van der Waals surface area contributed by atoms with E-state index in [0.717, 1.165) is 21.0 Å². The summed E-state index contributed by atoms with van der Waals surface area (Å²) in [5.41, 5.74) is 0.569. The van der Waals surface area contributed by atoms with Crippen molar-refractivity contribution in [1.82, 2.24) is 5.32 Å². The van der Waals surface area contributed by atoms with Gasteiger partial charge in [-0.25, -0.2) is 0 Å². The van der Waals surface area contributed by atoms with Gasteiger partial charge in [-0.2, -0.15) is 0 Å². The van der Waals surface area contributed by atoms with Gasteiger partial charge < -0.3 is 10.4 Å². The summed E-state index contributed by atoms with van der Waals surface area (Å²) in [6, 6.07) is 13.4. The molecular formula is C18H16N2O2. The summed E-state index contributed by atoms with van der Waals surface area (Å²) in [5, 5.41) is 15.3. The number of amides is 1. The number of hydrogen-bond donors (Lipinski definition) is 2. The molecule has 0 radical (unpaired) electrons. The predicted molar refractivity (Wildman–Crippen MR) is 85.7 cm³/mol. The van der Waals surface area contributed by atoms with Crippen molar-refractivity contribution in [2.75, 3.05) is 13.2 Å². The van der Waals surface area contributed by atoms with Crippen LogP contribution in [-0.2, 0) is 0 Å². The largest absolute Gasteiger partial charge is 0.395 e. The van der Waals surface area contributed by atoms with Crippen LogP contribution in [0.25, 0.3) is 18.4 Å². The third kappa shape index (κ3) is 2.97. The lowest BCUT2D eigenvalue weighted by Crippen LogP contribution is -2.32. The molecule has 0 fully saturated rings. The van der Waals surface area contributed by atoms with E-state index in [4.69, 9.17) is 5.11 Å². The van der Waals surface area contributed by atoms with Crippen molar-refractivity contribution in [1.29, 1.82) is 0 Å². The van der Waals surface area contributed by atoms with Gasteiger partial charge in [0.25, 0.3) is 5.91 Å². The van der Waals surface area contributed by atoms with Crippen LogP contribution in [0.4, 0.5) is 0 Å². The second kappa shape index (κ2) is 6.37. The van der Waals surface area contributed by atoms with E-state index in [0.29, 0.717) is 5.56 Å². The van der Waals surface area contributed by atoms with Crippen molar-refractivity contribution in [3.8, 4) is 0 Å². The molecular weight excluding hydrogens is 276 g/mol. The Labute approximate surface area is 127 Å². The van der Waals surface area contributed by atoms with E-state index in [1.54, 1.807) is 6.07 Å². The predicted octanol–water partition coefficient (Wildman–Crippen LogP) is -0.959. The highest BCUT2D eigenvalue weighted by atomic mass is 16.3. The number of nitrogens with zero attached hydrogens (tertiary/aromatic N) is 1. The number of carbonyl (C=O) groups is 1. The number of carbonyl (C=O) groups excluding carboxylic acids is 1. The van der Waals surface area contributed by atoms with Crippen LogP contribution in [0.2, 0.25) is 0 Å². The number of fused-ring (bicyclic) bond motifs is 2. The van der Waals surface area contributed by atoms with E-state index < -0.39 is 0 Å². The van der Waals surface area contributed by atoms with Crippen LogP contribution in [0.1, 0.15) is 10.4 Å². The van der Waals surface area contributed by atoms with Crippen molar-refractivity contribution in [2.24, 2.45) is 4.99 Å². The summed E-state index contributed by atoms with van der Waals surface area (Å²) >= 11 is 0. The first kappa shape index (κ1) is 14.2. The summed E-state index contributed by atoms with van der Waals surface area (Å²) in [6.45, 7) is 0.181. The molecule has 0 atom stereocenters. The lowest BCUT2D eigenvalue weighted by atomic mass is 10.1. The maximum atomic E-state index is 12.0. The zero-order valence-corrected chi connectivity index (χ0v) is 12.0. The van der Waals surface area contributed by atoms with Gasteiger partial charge in [-0.1, -0.05) is 36.4 Å². The van der Waals surface area contributed by atoms with E-state index in [9.17, 15) is 4.79 Å². The Morgan fingerprint density at radius 2 is 1.86 bits per heavy atom. The number of benzene rings is 2. The Balaban J connectivity index is 2.09. The average Bonchev–Trinajstić information content (AvgIpc) is 2.54. The lowest BCUT2D eigenvalue weighted by Gasteiger charge is -2.03. The smallest absolute Gasteiger partial charge is 0.251 e. The van der Waals surface area contributed by atoms with Gasteiger partial charge in [0.2, 0.25) is 0 Å². The minimum Gasteiger partial charge on any atom is -0.395 e. The van der Waals surface area contributed by atoms with E-state index in [1.807, 2.05) is 54.8 Å². The normalized spacial score (nSPS) is 12.0. The van der Waals surface area contributed by atoms with Gasteiger partial charge >= 0.3 is 0 Å². The number of rotatable bonds is 3. The minimum atomic E-state index is -0.190. The Hall–Kier alpha value is -2.72. The summed E-state index contributed by atoms with van der Waals surface area (Å²) in [6.07, 6.45) is 5.80. The molecule has 2 N–H and O–H groups in total. The Morgan fingerprint density at radius 3 is 2.73 bits per heavy atom. The molecule has 4 heteroatoms. The molecule has 0 aliphatic carbocycles. The van der Waals surface area contributed by atoms with E-state index in [1.165, 1.54) is 0 Å². The molecule has 0 saturated carbocycles. The summed E-state index contributed by atoms with van der Waals surface area (Å²) < 4.78 is 0. The molecule has 0 spiro atoms. The second-order valence-corrected chi connectivity index (χ2v) is 4.97. The molecule has 3 rings (SSSR count). The standard InChI is InChI=1S/C18H16N2O2/c21-10-9-19-18(22)15-7-8-16-12-20-17-4-2-1-3-13(17)5-6-14(16)11-15/h1-8,11-12,21H,9-10H2,(H,19,22). The van der Waals surface area contributed by atoms with Gasteiger partial charge in [-0.15, -0.1) is 0 Å². The Morgan fingerprint density at radius 1 is 1.05 bits per heavy atom. The second-order valence-electron chi connectivity index (χ2n) is 4.97. The van der Waals surface area contributed by atoms with Crippen LogP contribution in [0, 0.1) is 0 Å². The third-order valence-electron chi connectivity index (χ3n) is 3.47. The number of aliphatic hydroxyl groups is 1. The Bertz CT molecular complexity index is 946. The number of hydrogen-bond acceptors (Lipinski definition) is 3. The first-order chi connectivity index (χ1) is 10.8. The molecule has 0 saturated heterocycles. The number of aliphatic hydroxyl groups excluding tert-OH is 1. The SMILES string of the molecule is O=C(NCCO)c1ccc2c(c1)=CC=c1ccccc1=NC=2. The summed E-state index contributed by atoms with van der Waals surface area (Å²) in [4.78, 5) is 16.5. The first-order valence-electron chi connectivity index (χ1n) is 7.12. The molecule has 0 unspecified atom stereocenters. The van der Waals surface area contributed by atoms with Crippen molar-refractivity contribution < 1.29 is 9.90 Å². The fraction of sp³-hybridized carbons (Fsp3) is 0.111. The van der Waals surface area contributed by atoms with Crippen molar-refractivity contribution in [3.63, 3.8) is 0 Å². The number of para-hydroxylation sites is 1. The van der Waals surface area contributed by atoms with E-state index >= 15 is 0 Å². The molecule has 0 bridgehead atoms. The fourth-order valence-corrected chi connectivity index (χ4v) is 2.31. The third-order valence-corrected chi connectivity index (χ3v) is 3.47. The van der Waals surface area contributed by atoms with Crippen molar-refractivity contribution in [2.45, 2.75) is 0 Å². The monoisotopic (exact) mass is 292 g/mol.